The molecule has 8 heteroatoms. The van der Waals surface area contributed by atoms with Gasteiger partial charge in [-0.15, -0.1) is 0 Å². The lowest BCUT2D eigenvalue weighted by molar-refractivity contribution is -0.144. The third-order valence-corrected chi connectivity index (χ3v) is 4.43. The first-order valence-corrected chi connectivity index (χ1v) is 8.85. The minimum absolute atomic E-state index is 0.194. The lowest BCUT2D eigenvalue weighted by Crippen LogP contribution is -2.48. The average Bonchev–Trinajstić information content (AvgIpc) is 3.06. The molecule has 2 aliphatic rings. The number of hydrogen-bond donors (Lipinski definition) is 0. The molecule has 2 rings (SSSR count). The standard InChI is InChI=1S/C19H26N2O6/c1-18(2,21-16(24)7-8-17(21)25)9-11-27-19(3,4)13-26-12-10-20-14(22)5-6-15(20)23/h5-8H,9-13H2,1-4H3. The largest absolute Gasteiger partial charge is 0.377 e. The Morgan fingerprint density at radius 3 is 1.89 bits per heavy atom. The van der Waals surface area contributed by atoms with Crippen molar-refractivity contribution in [2.45, 2.75) is 45.3 Å². The van der Waals surface area contributed by atoms with E-state index in [4.69, 9.17) is 9.47 Å². The summed E-state index contributed by atoms with van der Waals surface area (Å²) in [5, 5.41) is 0. The van der Waals surface area contributed by atoms with E-state index in [0.29, 0.717) is 13.0 Å². The quantitative estimate of drug-likeness (QED) is 0.413. The number of carbonyl (C=O) groups is 4. The first-order chi connectivity index (χ1) is 12.5. The molecule has 0 fully saturated rings. The first kappa shape index (κ1) is 21.0. The Morgan fingerprint density at radius 1 is 0.815 bits per heavy atom. The van der Waals surface area contributed by atoms with Gasteiger partial charge in [0, 0.05) is 36.4 Å². The van der Waals surface area contributed by atoms with Gasteiger partial charge < -0.3 is 9.47 Å². The molecule has 2 aliphatic heterocycles. The minimum atomic E-state index is -0.655. The minimum Gasteiger partial charge on any atom is -0.377 e. The van der Waals surface area contributed by atoms with E-state index in [1.54, 1.807) is 0 Å². The summed E-state index contributed by atoms with van der Waals surface area (Å²) >= 11 is 0. The van der Waals surface area contributed by atoms with Gasteiger partial charge in [-0.1, -0.05) is 0 Å². The molecule has 27 heavy (non-hydrogen) atoms. The third-order valence-electron chi connectivity index (χ3n) is 4.43. The van der Waals surface area contributed by atoms with Crippen LogP contribution >= 0.6 is 0 Å². The monoisotopic (exact) mass is 378 g/mol. The summed E-state index contributed by atoms with van der Waals surface area (Å²) in [7, 11) is 0. The number of amides is 4. The maximum atomic E-state index is 11.8. The van der Waals surface area contributed by atoms with Crippen molar-refractivity contribution in [1.29, 1.82) is 0 Å². The van der Waals surface area contributed by atoms with Crippen molar-refractivity contribution in [1.82, 2.24) is 9.80 Å². The molecule has 4 amide bonds. The van der Waals surface area contributed by atoms with Crippen LogP contribution in [-0.4, -0.2) is 70.9 Å². The fraction of sp³-hybridized carbons (Fsp3) is 0.579. The van der Waals surface area contributed by atoms with Crippen molar-refractivity contribution >= 4 is 23.6 Å². The second kappa shape index (κ2) is 8.14. The van der Waals surface area contributed by atoms with Gasteiger partial charge >= 0.3 is 0 Å². The molecule has 0 bridgehead atoms. The normalized spacial score (nSPS) is 17.8. The van der Waals surface area contributed by atoms with E-state index >= 15 is 0 Å². The highest BCUT2D eigenvalue weighted by atomic mass is 16.5. The SMILES string of the molecule is CC(C)(COCCN1C(=O)C=CC1=O)OCCC(C)(C)N1C(=O)C=CC1=O. The van der Waals surface area contributed by atoms with Crippen LogP contribution in [0.15, 0.2) is 24.3 Å². The molecule has 0 unspecified atom stereocenters. The first-order valence-electron chi connectivity index (χ1n) is 8.85. The fourth-order valence-corrected chi connectivity index (χ4v) is 2.85. The van der Waals surface area contributed by atoms with Crippen molar-refractivity contribution in [2.75, 3.05) is 26.4 Å². The summed E-state index contributed by atoms with van der Waals surface area (Å²) in [6.45, 7) is 8.40. The molecule has 0 aromatic heterocycles. The van der Waals surface area contributed by atoms with Crippen LogP contribution in [-0.2, 0) is 28.7 Å². The van der Waals surface area contributed by atoms with Crippen LogP contribution in [0.5, 0.6) is 0 Å². The average molecular weight is 378 g/mol. The van der Waals surface area contributed by atoms with E-state index in [1.165, 1.54) is 29.2 Å². The van der Waals surface area contributed by atoms with Crippen LogP contribution < -0.4 is 0 Å². The lowest BCUT2D eigenvalue weighted by atomic mass is 9.98. The molecule has 2 heterocycles. The van der Waals surface area contributed by atoms with Crippen molar-refractivity contribution < 1.29 is 28.7 Å². The Bertz CT molecular complexity index is 656. The Morgan fingerprint density at radius 2 is 1.33 bits per heavy atom. The summed E-state index contributed by atoms with van der Waals surface area (Å²) in [6, 6.07) is 0. The van der Waals surface area contributed by atoms with Crippen LogP contribution in [0.1, 0.15) is 34.1 Å². The summed E-state index contributed by atoms with van der Waals surface area (Å²) in [6.07, 6.45) is 5.51. The van der Waals surface area contributed by atoms with E-state index < -0.39 is 11.1 Å². The van der Waals surface area contributed by atoms with E-state index in [2.05, 4.69) is 0 Å². The van der Waals surface area contributed by atoms with Gasteiger partial charge in [-0.05, 0) is 34.1 Å². The van der Waals surface area contributed by atoms with Crippen molar-refractivity contribution in [3.05, 3.63) is 24.3 Å². The predicted octanol–water partition coefficient (Wildman–Crippen LogP) is 0.817. The zero-order valence-electron chi connectivity index (χ0n) is 16.2. The molecule has 0 saturated carbocycles. The van der Waals surface area contributed by atoms with Crippen LogP contribution in [0.2, 0.25) is 0 Å². The van der Waals surface area contributed by atoms with Crippen LogP contribution in [0.4, 0.5) is 0 Å². The van der Waals surface area contributed by atoms with Gasteiger partial charge in [0.25, 0.3) is 23.6 Å². The number of nitrogens with zero attached hydrogens (tertiary/aromatic N) is 2. The van der Waals surface area contributed by atoms with Gasteiger partial charge in [-0.3, -0.25) is 29.0 Å². The van der Waals surface area contributed by atoms with Gasteiger partial charge in [0.1, 0.15) is 0 Å². The molecule has 0 aromatic rings. The highest BCUT2D eigenvalue weighted by Crippen LogP contribution is 2.24. The van der Waals surface area contributed by atoms with Crippen molar-refractivity contribution in [3.63, 3.8) is 0 Å². The van der Waals surface area contributed by atoms with Gasteiger partial charge in [0.2, 0.25) is 0 Å². The molecule has 0 aliphatic carbocycles. The van der Waals surface area contributed by atoms with Gasteiger partial charge in [-0.2, -0.15) is 0 Å². The Balaban J connectivity index is 1.70. The van der Waals surface area contributed by atoms with E-state index in [9.17, 15) is 19.2 Å². The van der Waals surface area contributed by atoms with E-state index in [0.717, 1.165) is 4.90 Å². The zero-order valence-corrected chi connectivity index (χ0v) is 16.2. The van der Waals surface area contributed by atoms with E-state index in [1.807, 2.05) is 27.7 Å². The highest BCUT2D eigenvalue weighted by Gasteiger charge is 2.37. The maximum Gasteiger partial charge on any atom is 0.254 e. The molecule has 0 radical (unpaired) electrons. The number of rotatable bonds is 10. The zero-order chi connectivity index (χ0) is 20.2. The van der Waals surface area contributed by atoms with Crippen molar-refractivity contribution in [2.24, 2.45) is 0 Å². The molecule has 0 saturated heterocycles. The molecule has 148 valence electrons. The predicted molar refractivity (Wildman–Crippen MR) is 96.4 cm³/mol. The lowest BCUT2D eigenvalue weighted by Gasteiger charge is -2.35. The number of hydrogen-bond acceptors (Lipinski definition) is 6. The van der Waals surface area contributed by atoms with E-state index in [-0.39, 0.29) is 43.4 Å². The van der Waals surface area contributed by atoms with Gasteiger partial charge in [0.15, 0.2) is 0 Å². The third kappa shape index (κ3) is 5.33. The van der Waals surface area contributed by atoms with Crippen LogP contribution in [0, 0.1) is 0 Å². The number of ether oxygens (including phenoxy) is 2. The summed E-state index contributed by atoms with van der Waals surface area (Å²) < 4.78 is 11.4. The van der Waals surface area contributed by atoms with Crippen LogP contribution in [0.3, 0.4) is 0 Å². The Labute approximate surface area is 158 Å². The number of carbonyl (C=O) groups excluding carboxylic acids is 4. The van der Waals surface area contributed by atoms with Crippen LogP contribution in [0.25, 0.3) is 0 Å². The van der Waals surface area contributed by atoms with Crippen molar-refractivity contribution in [3.8, 4) is 0 Å². The Hall–Kier alpha value is -2.32. The second-order valence-electron chi connectivity index (χ2n) is 7.73. The second-order valence-corrected chi connectivity index (χ2v) is 7.73. The summed E-state index contributed by atoms with van der Waals surface area (Å²) in [4.78, 5) is 48.9. The molecule has 0 atom stereocenters. The molecule has 8 nitrogen and oxygen atoms in total. The number of imide groups is 2. The molecule has 0 aromatic carbocycles. The molecular weight excluding hydrogens is 352 g/mol. The molecular formula is C19H26N2O6. The highest BCUT2D eigenvalue weighted by molar-refractivity contribution is 6.13. The summed E-state index contributed by atoms with van der Waals surface area (Å²) in [5.74, 6) is -1.29. The van der Waals surface area contributed by atoms with Gasteiger partial charge in [-0.25, -0.2) is 0 Å². The Kier molecular flexibility index (Phi) is 6.33. The topological polar surface area (TPSA) is 93.2 Å². The maximum absolute atomic E-state index is 11.8. The molecule has 0 spiro atoms. The van der Waals surface area contributed by atoms with Gasteiger partial charge in [0.05, 0.1) is 25.4 Å². The fourth-order valence-electron chi connectivity index (χ4n) is 2.85. The smallest absolute Gasteiger partial charge is 0.254 e. The molecule has 0 N–H and O–H groups in total. The summed E-state index contributed by atoms with van der Waals surface area (Å²) in [5.41, 5.74) is -1.25.